The molecule has 0 bridgehead atoms. The Hall–Kier alpha value is -3.58. The number of carbonyl (C=O) groups excluding carboxylic acids is 1. The van der Waals surface area contributed by atoms with Crippen molar-refractivity contribution in [2.75, 3.05) is 19.5 Å². The second-order valence-electron chi connectivity index (χ2n) is 5.84. The summed E-state index contributed by atoms with van der Waals surface area (Å²) in [5.74, 6) is 1.22. The maximum Gasteiger partial charge on any atom is 0.275 e. The first kappa shape index (κ1) is 20.2. The first-order valence-corrected chi connectivity index (χ1v) is 9.01. The van der Waals surface area contributed by atoms with E-state index in [1.165, 1.54) is 6.21 Å². The lowest BCUT2D eigenvalue weighted by Gasteiger charge is -2.10. The fraction of sp³-hybridized carbons (Fsp3) is 0.0952. The lowest BCUT2D eigenvalue weighted by molar-refractivity contribution is 0.0955. The number of rotatable bonds is 7. The molecular formula is C21H19ClN4O3. The van der Waals surface area contributed by atoms with Gasteiger partial charge in [-0.3, -0.25) is 4.79 Å². The predicted octanol–water partition coefficient (Wildman–Crippen LogP) is 4.26. The number of ether oxygens (including phenoxy) is 2. The number of benzene rings is 2. The van der Waals surface area contributed by atoms with Crippen molar-refractivity contribution >= 4 is 35.2 Å². The van der Waals surface area contributed by atoms with Gasteiger partial charge >= 0.3 is 0 Å². The maximum absolute atomic E-state index is 12.6. The van der Waals surface area contributed by atoms with Crippen LogP contribution in [0, 0.1) is 0 Å². The van der Waals surface area contributed by atoms with Gasteiger partial charge in [0, 0.05) is 28.5 Å². The zero-order valence-corrected chi connectivity index (χ0v) is 16.6. The van der Waals surface area contributed by atoms with E-state index in [2.05, 4.69) is 20.8 Å². The van der Waals surface area contributed by atoms with Crippen molar-refractivity contribution in [1.29, 1.82) is 0 Å². The first-order chi connectivity index (χ1) is 14.1. The average Bonchev–Trinajstić information content (AvgIpc) is 2.74. The van der Waals surface area contributed by atoms with Crippen LogP contribution in [0.5, 0.6) is 11.5 Å². The summed E-state index contributed by atoms with van der Waals surface area (Å²) < 4.78 is 10.5. The summed E-state index contributed by atoms with van der Waals surface area (Å²) in [6, 6.07) is 15.8. The summed E-state index contributed by atoms with van der Waals surface area (Å²) in [4.78, 5) is 16.8. The molecule has 8 heteroatoms. The van der Waals surface area contributed by atoms with E-state index < -0.39 is 5.91 Å². The van der Waals surface area contributed by atoms with Crippen molar-refractivity contribution < 1.29 is 14.3 Å². The molecule has 1 heterocycles. The summed E-state index contributed by atoms with van der Waals surface area (Å²) in [6.07, 6.45) is 3.09. The summed E-state index contributed by atoms with van der Waals surface area (Å²) in [5, 5.41) is 7.69. The minimum atomic E-state index is -0.411. The van der Waals surface area contributed by atoms with Gasteiger partial charge in [-0.15, -0.1) is 0 Å². The van der Waals surface area contributed by atoms with E-state index in [4.69, 9.17) is 21.1 Å². The largest absolute Gasteiger partial charge is 0.497 e. The molecule has 3 aromatic rings. The number of nitrogens with zero attached hydrogens (tertiary/aromatic N) is 2. The van der Waals surface area contributed by atoms with Crippen LogP contribution in [-0.2, 0) is 0 Å². The maximum atomic E-state index is 12.6. The van der Waals surface area contributed by atoms with Gasteiger partial charge in [0.1, 0.15) is 17.3 Å². The number of amides is 1. The molecule has 0 spiro atoms. The number of aromatic nitrogens is 1. The number of nitrogens with one attached hydrogen (secondary N) is 2. The molecule has 0 aliphatic carbocycles. The SMILES string of the molecule is COc1ccc(/C=N/NC(=O)c2cccnc2Nc2cccc(Cl)c2)c(OC)c1. The molecule has 1 aromatic heterocycles. The molecule has 0 saturated carbocycles. The fourth-order valence-corrected chi connectivity index (χ4v) is 2.73. The number of hydrazone groups is 1. The van der Waals surface area contributed by atoms with E-state index in [1.54, 1.807) is 68.9 Å². The van der Waals surface area contributed by atoms with Gasteiger partial charge in [0.15, 0.2) is 0 Å². The molecule has 0 aliphatic heterocycles. The van der Waals surface area contributed by atoms with Gasteiger partial charge in [0.2, 0.25) is 0 Å². The first-order valence-electron chi connectivity index (χ1n) is 8.63. The fourth-order valence-electron chi connectivity index (χ4n) is 2.54. The Bertz CT molecular complexity index is 1040. The van der Waals surface area contributed by atoms with Gasteiger partial charge < -0.3 is 14.8 Å². The monoisotopic (exact) mass is 410 g/mol. The van der Waals surface area contributed by atoms with Gasteiger partial charge in [0.25, 0.3) is 5.91 Å². The summed E-state index contributed by atoms with van der Waals surface area (Å²) in [6.45, 7) is 0. The molecule has 148 valence electrons. The van der Waals surface area contributed by atoms with Gasteiger partial charge in [-0.25, -0.2) is 10.4 Å². The van der Waals surface area contributed by atoms with E-state index in [1.807, 2.05) is 6.07 Å². The van der Waals surface area contributed by atoms with E-state index >= 15 is 0 Å². The molecule has 0 saturated heterocycles. The van der Waals surface area contributed by atoms with E-state index in [9.17, 15) is 4.79 Å². The highest BCUT2D eigenvalue weighted by atomic mass is 35.5. The third-order valence-electron chi connectivity index (χ3n) is 3.95. The number of hydrogen-bond acceptors (Lipinski definition) is 6. The van der Waals surface area contributed by atoms with Crippen molar-refractivity contribution in [3.63, 3.8) is 0 Å². The van der Waals surface area contributed by atoms with Gasteiger partial charge in [-0.2, -0.15) is 5.10 Å². The molecule has 2 aromatic carbocycles. The van der Waals surface area contributed by atoms with Crippen LogP contribution in [0.25, 0.3) is 0 Å². The molecule has 29 heavy (non-hydrogen) atoms. The van der Waals surface area contributed by atoms with Crippen LogP contribution in [-0.4, -0.2) is 31.3 Å². The van der Waals surface area contributed by atoms with E-state index in [-0.39, 0.29) is 0 Å². The molecule has 0 radical (unpaired) electrons. The molecule has 7 nitrogen and oxygen atoms in total. The van der Waals surface area contributed by atoms with Crippen LogP contribution in [0.3, 0.4) is 0 Å². The number of anilines is 2. The topological polar surface area (TPSA) is 84.8 Å². The standard InChI is InChI=1S/C21H19ClN4O3/c1-28-17-9-8-14(19(12-17)29-2)13-24-26-21(27)18-7-4-10-23-20(18)25-16-6-3-5-15(22)11-16/h3-13H,1-2H3,(H,23,25)(H,26,27)/b24-13+. The Morgan fingerprint density at radius 1 is 1.10 bits per heavy atom. The lowest BCUT2D eigenvalue weighted by Crippen LogP contribution is -2.19. The predicted molar refractivity (Wildman–Crippen MR) is 114 cm³/mol. The Balaban J connectivity index is 1.74. The molecule has 3 rings (SSSR count). The number of halogens is 1. The van der Waals surface area contributed by atoms with Crippen LogP contribution in [0.15, 0.2) is 65.9 Å². The van der Waals surface area contributed by atoms with E-state index in [0.29, 0.717) is 33.5 Å². The Labute approximate surface area is 173 Å². The van der Waals surface area contributed by atoms with Crippen LogP contribution >= 0.6 is 11.6 Å². The van der Waals surface area contributed by atoms with Crippen LogP contribution in [0.2, 0.25) is 5.02 Å². The zero-order chi connectivity index (χ0) is 20.6. The summed E-state index contributed by atoms with van der Waals surface area (Å²) >= 11 is 6.01. The molecule has 0 fully saturated rings. The summed E-state index contributed by atoms with van der Waals surface area (Å²) in [5.41, 5.74) is 4.25. The Morgan fingerprint density at radius 2 is 1.97 bits per heavy atom. The highest BCUT2D eigenvalue weighted by Gasteiger charge is 2.12. The number of methoxy groups -OCH3 is 2. The summed E-state index contributed by atoms with van der Waals surface area (Å²) in [7, 11) is 3.12. The van der Waals surface area contributed by atoms with Gasteiger partial charge in [-0.1, -0.05) is 17.7 Å². The van der Waals surface area contributed by atoms with Crippen molar-refractivity contribution in [2.24, 2.45) is 5.10 Å². The molecule has 0 aliphatic rings. The van der Waals surface area contributed by atoms with Crippen molar-refractivity contribution in [3.8, 4) is 11.5 Å². The third-order valence-corrected chi connectivity index (χ3v) is 4.19. The molecule has 2 N–H and O–H groups in total. The molecular weight excluding hydrogens is 392 g/mol. The second-order valence-corrected chi connectivity index (χ2v) is 6.28. The third kappa shape index (κ3) is 5.24. The number of carbonyl (C=O) groups is 1. The van der Waals surface area contributed by atoms with Crippen molar-refractivity contribution in [3.05, 3.63) is 76.9 Å². The lowest BCUT2D eigenvalue weighted by atomic mass is 10.2. The quantitative estimate of drug-likeness (QED) is 0.449. The zero-order valence-electron chi connectivity index (χ0n) is 15.8. The highest BCUT2D eigenvalue weighted by Crippen LogP contribution is 2.23. The Kier molecular flexibility index (Phi) is 6.65. The highest BCUT2D eigenvalue weighted by molar-refractivity contribution is 6.30. The van der Waals surface area contributed by atoms with Gasteiger partial charge in [-0.05, 0) is 42.5 Å². The van der Waals surface area contributed by atoms with Crippen LogP contribution in [0.1, 0.15) is 15.9 Å². The Morgan fingerprint density at radius 3 is 2.72 bits per heavy atom. The van der Waals surface area contributed by atoms with Gasteiger partial charge in [0.05, 0.1) is 26.0 Å². The average molecular weight is 411 g/mol. The minimum Gasteiger partial charge on any atom is -0.497 e. The van der Waals surface area contributed by atoms with Crippen molar-refractivity contribution in [1.82, 2.24) is 10.4 Å². The second kappa shape index (κ2) is 9.57. The molecule has 1 amide bonds. The van der Waals surface area contributed by atoms with E-state index in [0.717, 1.165) is 5.69 Å². The minimum absolute atomic E-state index is 0.339. The number of hydrogen-bond donors (Lipinski definition) is 2. The van der Waals surface area contributed by atoms with Crippen LogP contribution < -0.4 is 20.2 Å². The smallest absolute Gasteiger partial charge is 0.275 e. The van der Waals surface area contributed by atoms with Crippen LogP contribution in [0.4, 0.5) is 11.5 Å². The molecule has 0 unspecified atom stereocenters. The number of pyridine rings is 1. The normalized spacial score (nSPS) is 10.6. The molecule has 0 atom stereocenters. The van der Waals surface area contributed by atoms with Crippen molar-refractivity contribution in [2.45, 2.75) is 0 Å².